The van der Waals surface area contributed by atoms with Gasteiger partial charge < -0.3 is 15.1 Å². The summed E-state index contributed by atoms with van der Waals surface area (Å²) in [5.41, 5.74) is 2.85. The third-order valence-electron chi connectivity index (χ3n) is 4.88. The van der Waals surface area contributed by atoms with Crippen LogP contribution in [0.3, 0.4) is 0 Å². The predicted octanol–water partition coefficient (Wildman–Crippen LogP) is 3.88. The SMILES string of the molecule is C=CCNc1ccccc1C(=O)N(C)C[C@@H]1CCN(c2ccccc2)C1. The molecule has 136 valence electrons. The number of nitrogens with zero attached hydrogens (tertiary/aromatic N) is 2. The Morgan fingerprint density at radius 1 is 1.23 bits per heavy atom. The summed E-state index contributed by atoms with van der Waals surface area (Å²) >= 11 is 0. The number of carbonyl (C=O) groups is 1. The number of nitrogens with one attached hydrogen (secondary N) is 1. The van der Waals surface area contributed by atoms with Crippen molar-refractivity contribution >= 4 is 17.3 Å². The Kier molecular flexibility index (Phi) is 5.95. The van der Waals surface area contributed by atoms with Crippen LogP contribution in [-0.4, -0.2) is 44.0 Å². The summed E-state index contributed by atoms with van der Waals surface area (Å²) in [6, 6.07) is 18.2. The van der Waals surface area contributed by atoms with Crippen molar-refractivity contribution in [2.45, 2.75) is 6.42 Å². The second-order valence-corrected chi connectivity index (χ2v) is 6.84. The number of hydrogen-bond acceptors (Lipinski definition) is 3. The first-order chi connectivity index (χ1) is 12.7. The molecular weight excluding hydrogens is 322 g/mol. The minimum atomic E-state index is 0.0651. The van der Waals surface area contributed by atoms with E-state index in [1.54, 1.807) is 6.08 Å². The van der Waals surface area contributed by atoms with Gasteiger partial charge in [0, 0.05) is 44.6 Å². The third-order valence-corrected chi connectivity index (χ3v) is 4.88. The van der Waals surface area contributed by atoms with Crippen LogP contribution in [0, 0.1) is 5.92 Å². The number of benzene rings is 2. The van der Waals surface area contributed by atoms with Crippen LogP contribution in [0.2, 0.25) is 0 Å². The zero-order valence-corrected chi connectivity index (χ0v) is 15.4. The predicted molar refractivity (Wildman–Crippen MR) is 109 cm³/mol. The summed E-state index contributed by atoms with van der Waals surface area (Å²) in [6.45, 7) is 7.19. The van der Waals surface area contributed by atoms with E-state index in [-0.39, 0.29) is 5.91 Å². The van der Waals surface area contributed by atoms with Crippen LogP contribution < -0.4 is 10.2 Å². The zero-order chi connectivity index (χ0) is 18.4. The van der Waals surface area contributed by atoms with Crippen LogP contribution in [-0.2, 0) is 0 Å². The van der Waals surface area contributed by atoms with Gasteiger partial charge in [0.2, 0.25) is 0 Å². The molecule has 4 heteroatoms. The van der Waals surface area contributed by atoms with Gasteiger partial charge in [-0.05, 0) is 36.6 Å². The van der Waals surface area contributed by atoms with Crippen LogP contribution in [0.25, 0.3) is 0 Å². The summed E-state index contributed by atoms with van der Waals surface area (Å²) in [7, 11) is 1.90. The average Bonchev–Trinajstić information content (AvgIpc) is 3.15. The molecule has 1 saturated heterocycles. The maximum atomic E-state index is 12.9. The summed E-state index contributed by atoms with van der Waals surface area (Å²) in [6.07, 6.45) is 2.91. The van der Waals surface area contributed by atoms with E-state index in [0.29, 0.717) is 12.5 Å². The largest absolute Gasteiger partial charge is 0.381 e. The third kappa shape index (κ3) is 4.26. The number of amides is 1. The highest BCUT2D eigenvalue weighted by atomic mass is 16.2. The van der Waals surface area contributed by atoms with Crippen molar-refractivity contribution in [1.82, 2.24) is 4.90 Å². The van der Waals surface area contributed by atoms with Gasteiger partial charge in [-0.15, -0.1) is 6.58 Å². The van der Waals surface area contributed by atoms with Gasteiger partial charge in [-0.1, -0.05) is 36.4 Å². The first-order valence-corrected chi connectivity index (χ1v) is 9.18. The van der Waals surface area contributed by atoms with Crippen molar-refractivity contribution in [3.63, 3.8) is 0 Å². The highest BCUT2D eigenvalue weighted by Gasteiger charge is 2.26. The minimum Gasteiger partial charge on any atom is -0.381 e. The van der Waals surface area contributed by atoms with Crippen molar-refractivity contribution in [3.8, 4) is 0 Å². The van der Waals surface area contributed by atoms with Gasteiger partial charge in [-0.25, -0.2) is 0 Å². The van der Waals surface area contributed by atoms with Crippen molar-refractivity contribution in [2.24, 2.45) is 5.92 Å². The summed E-state index contributed by atoms with van der Waals surface area (Å²) in [4.78, 5) is 17.2. The topological polar surface area (TPSA) is 35.6 Å². The van der Waals surface area contributed by atoms with Gasteiger partial charge >= 0.3 is 0 Å². The summed E-state index contributed by atoms with van der Waals surface area (Å²) < 4.78 is 0. The fraction of sp³-hybridized carbons (Fsp3) is 0.318. The molecule has 1 aliphatic rings. The summed E-state index contributed by atoms with van der Waals surface area (Å²) in [5, 5.41) is 3.25. The quantitative estimate of drug-likeness (QED) is 0.771. The van der Waals surface area contributed by atoms with Crippen LogP contribution in [0.15, 0.2) is 67.3 Å². The molecule has 1 aliphatic heterocycles. The second kappa shape index (κ2) is 8.56. The van der Waals surface area contributed by atoms with E-state index in [9.17, 15) is 4.79 Å². The van der Waals surface area contributed by atoms with Crippen LogP contribution in [0.5, 0.6) is 0 Å². The molecule has 0 unspecified atom stereocenters. The van der Waals surface area contributed by atoms with Gasteiger partial charge in [-0.2, -0.15) is 0 Å². The normalized spacial score (nSPS) is 16.3. The molecule has 1 amide bonds. The Bertz CT molecular complexity index is 744. The molecule has 0 bridgehead atoms. The van der Waals surface area contributed by atoms with E-state index in [0.717, 1.165) is 37.3 Å². The molecule has 4 nitrogen and oxygen atoms in total. The molecule has 0 radical (unpaired) electrons. The number of para-hydroxylation sites is 2. The molecule has 0 aliphatic carbocycles. The van der Waals surface area contributed by atoms with Gasteiger partial charge in [0.1, 0.15) is 0 Å². The van der Waals surface area contributed by atoms with E-state index in [4.69, 9.17) is 0 Å². The first-order valence-electron chi connectivity index (χ1n) is 9.18. The average molecular weight is 349 g/mol. The summed E-state index contributed by atoms with van der Waals surface area (Å²) in [5.74, 6) is 0.563. The first kappa shape index (κ1) is 18.1. The highest BCUT2D eigenvalue weighted by molar-refractivity contribution is 5.99. The molecule has 26 heavy (non-hydrogen) atoms. The van der Waals surface area contributed by atoms with Crippen molar-refractivity contribution in [2.75, 3.05) is 43.4 Å². The molecule has 2 aromatic rings. The molecule has 0 saturated carbocycles. The molecule has 2 aromatic carbocycles. The fourth-order valence-corrected chi connectivity index (χ4v) is 3.54. The molecule has 0 aromatic heterocycles. The smallest absolute Gasteiger partial charge is 0.255 e. The Balaban J connectivity index is 1.61. The standard InChI is InChI=1S/C22H27N3O/c1-3-14-23-21-12-8-7-11-20(21)22(26)24(2)16-18-13-15-25(17-18)19-9-5-4-6-10-19/h3-12,18,23H,1,13-17H2,2H3/t18-/m0/s1. The number of rotatable bonds is 7. The van der Waals surface area contributed by atoms with Gasteiger partial charge in [0.15, 0.2) is 0 Å². The minimum absolute atomic E-state index is 0.0651. The fourth-order valence-electron chi connectivity index (χ4n) is 3.54. The molecule has 1 heterocycles. The van der Waals surface area contributed by atoms with Crippen LogP contribution >= 0.6 is 0 Å². The van der Waals surface area contributed by atoms with Gasteiger partial charge in [0.05, 0.1) is 5.56 Å². The van der Waals surface area contributed by atoms with Gasteiger partial charge in [-0.3, -0.25) is 4.79 Å². The van der Waals surface area contributed by atoms with Crippen molar-refractivity contribution in [1.29, 1.82) is 0 Å². The Morgan fingerprint density at radius 2 is 1.96 bits per heavy atom. The van der Waals surface area contributed by atoms with E-state index < -0.39 is 0 Å². The molecule has 1 N–H and O–H groups in total. The van der Waals surface area contributed by atoms with Crippen molar-refractivity contribution < 1.29 is 4.79 Å². The maximum Gasteiger partial charge on any atom is 0.255 e. The molecule has 3 rings (SSSR count). The molecule has 1 atom stereocenters. The zero-order valence-electron chi connectivity index (χ0n) is 15.4. The lowest BCUT2D eigenvalue weighted by molar-refractivity contribution is 0.0777. The van der Waals surface area contributed by atoms with Crippen LogP contribution in [0.1, 0.15) is 16.8 Å². The lowest BCUT2D eigenvalue weighted by Crippen LogP contribution is -2.33. The lowest BCUT2D eigenvalue weighted by Gasteiger charge is -2.23. The Morgan fingerprint density at radius 3 is 2.73 bits per heavy atom. The van der Waals surface area contributed by atoms with Crippen molar-refractivity contribution in [3.05, 3.63) is 72.8 Å². The molecule has 0 spiro atoms. The number of carbonyl (C=O) groups excluding carboxylic acids is 1. The van der Waals surface area contributed by atoms with E-state index >= 15 is 0 Å². The maximum absolute atomic E-state index is 12.9. The number of hydrogen-bond donors (Lipinski definition) is 1. The lowest BCUT2D eigenvalue weighted by atomic mass is 10.1. The van der Waals surface area contributed by atoms with Crippen LogP contribution in [0.4, 0.5) is 11.4 Å². The molecular formula is C22H27N3O. The van der Waals surface area contributed by atoms with E-state index in [1.165, 1.54) is 5.69 Å². The molecule has 1 fully saturated rings. The van der Waals surface area contributed by atoms with E-state index in [1.807, 2.05) is 42.3 Å². The van der Waals surface area contributed by atoms with Gasteiger partial charge in [0.25, 0.3) is 5.91 Å². The second-order valence-electron chi connectivity index (χ2n) is 6.84. The van der Waals surface area contributed by atoms with E-state index in [2.05, 4.69) is 41.1 Å². The highest BCUT2D eigenvalue weighted by Crippen LogP contribution is 2.25. The Hall–Kier alpha value is -2.75. The Labute approximate surface area is 156 Å². The monoisotopic (exact) mass is 349 g/mol. The number of anilines is 2.